The lowest BCUT2D eigenvalue weighted by molar-refractivity contribution is -0.184. The van der Waals surface area contributed by atoms with Gasteiger partial charge in [-0.05, 0) is 112 Å². The lowest BCUT2D eigenvalue weighted by atomic mass is 9.49. The van der Waals surface area contributed by atoms with E-state index in [1.165, 1.54) is 18.1 Å². The zero-order valence-corrected chi connectivity index (χ0v) is 20.5. The van der Waals surface area contributed by atoms with Crippen LogP contribution >= 0.6 is 0 Å². The molecule has 33 heavy (non-hydrogen) atoms. The minimum atomic E-state index is -1.01. The number of fused-ring (bicyclic) bond motifs is 4. The molecule has 0 aromatic carbocycles. The van der Waals surface area contributed by atoms with Crippen LogP contribution in [0.1, 0.15) is 91.4 Å². The number of carbonyl (C=O) groups excluding carboxylic acids is 3. The van der Waals surface area contributed by atoms with Crippen molar-refractivity contribution in [1.29, 1.82) is 0 Å². The summed E-state index contributed by atoms with van der Waals surface area (Å²) in [5.74, 6) is 1.60. The standard InChI is InChI=1S/C28H39NO4/c1-16(30)28(33-17(2)31)13-12-25-23-10-6-19-14-21(32)9-11-22(19)26(23)24(15-27(25,28)3)18-4-7-20(29)8-5-18/h14,18,20,23-25H,4-13,15,29H2,1-3H3/t18?,20?,23?,24?,25?,27-,28?/m0/s1. The highest BCUT2D eigenvalue weighted by atomic mass is 16.6. The summed E-state index contributed by atoms with van der Waals surface area (Å²) in [4.78, 5) is 37.6. The van der Waals surface area contributed by atoms with Gasteiger partial charge in [0.25, 0.3) is 0 Å². The molecule has 0 aromatic heterocycles. The van der Waals surface area contributed by atoms with Gasteiger partial charge in [-0.1, -0.05) is 12.5 Å². The first-order chi connectivity index (χ1) is 15.7. The van der Waals surface area contributed by atoms with Crippen LogP contribution in [0, 0.1) is 29.1 Å². The van der Waals surface area contributed by atoms with Crippen LogP contribution in [0.15, 0.2) is 22.8 Å². The second-order valence-electron chi connectivity index (χ2n) is 11.7. The monoisotopic (exact) mass is 453 g/mol. The lowest BCUT2D eigenvalue weighted by Crippen LogP contribution is -2.58. The van der Waals surface area contributed by atoms with Gasteiger partial charge in [-0.3, -0.25) is 14.4 Å². The third kappa shape index (κ3) is 3.48. The number of carbonyl (C=O) groups is 3. The van der Waals surface area contributed by atoms with Crippen molar-refractivity contribution in [3.8, 4) is 0 Å². The first kappa shape index (κ1) is 23.0. The van der Waals surface area contributed by atoms with E-state index in [1.54, 1.807) is 12.5 Å². The molecule has 0 aliphatic heterocycles. The summed E-state index contributed by atoms with van der Waals surface area (Å²) in [6.07, 6.45) is 12.2. The molecule has 0 saturated heterocycles. The average Bonchev–Trinajstić information content (AvgIpc) is 3.06. The van der Waals surface area contributed by atoms with Gasteiger partial charge in [-0.2, -0.15) is 0 Å². The molecule has 0 heterocycles. The summed E-state index contributed by atoms with van der Waals surface area (Å²) in [6, 6.07) is 0.291. The Morgan fingerprint density at radius 1 is 1.00 bits per heavy atom. The molecule has 5 aliphatic carbocycles. The smallest absolute Gasteiger partial charge is 0.303 e. The van der Waals surface area contributed by atoms with Crippen molar-refractivity contribution in [3.05, 3.63) is 22.8 Å². The van der Waals surface area contributed by atoms with Crippen LogP contribution in [0.2, 0.25) is 0 Å². The van der Waals surface area contributed by atoms with E-state index in [1.807, 2.05) is 6.08 Å². The molecule has 0 spiro atoms. The molecule has 5 rings (SSSR count). The largest absolute Gasteiger partial charge is 0.451 e. The van der Waals surface area contributed by atoms with Crippen molar-refractivity contribution in [1.82, 2.24) is 0 Å². The molecule has 5 aliphatic rings. The number of nitrogens with two attached hydrogens (primary N) is 1. The molecule has 180 valence electrons. The number of esters is 1. The van der Waals surface area contributed by atoms with E-state index in [9.17, 15) is 14.4 Å². The van der Waals surface area contributed by atoms with E-state index < -0.39 is 5.60 Å². The Kier molecular flexibility index (Phi) is 5.70. The van der Waals surface area contributed by atoms with Gasteiger partial charge in [0.1, 0.15) is 0 Å². The number of Topliss-reactive ketones (excluding diaryl/α,β-unsaturated/α-hetero) is 1. The van der Waals surface area contributed by atoms with Crippen LogP contribution in [-0.2, 0) is 19.1 Å². The average molecular weight is 454 g/mol. The van der Waals surface area contributed by atoms with Crippen LogP contribution in [-0.4, -0.2) is 29.2 Å². The highest BCUT2D eigenvalue weighted by Gasteiger charge is 2.67. The van der Waals surface area contributed by atoms with E-state index in [0.29, 0.717) is 42.6 Å². The quantitative estimate of drug-likeness (QED) is 0.619. The Morgan fingerprint density at radius 3 is 2.39 bits per heavy atom. The fourth-order valence-corrected chi connectivity index (χ4v) is 8.74. The first-order valence-corrected chi connectivity index (χ1v) is 13.1. The fourth-order valence-electron chi connectivity index (χ4n) is 8.74. The summed E-state index contributed by atoms with van der Waals surface area (Å²) in [5.41, 5.74) is 9.24. The van der Waals surface area contributed by atoms with Crippen molar-refractivity contribution < 1.29 is 19.1 Å². The molecule has 3 fully saturated rings. The highest BCUT2D eigenvalue weighted by Crippen LogP contribution is 2.67. The van der Waals surface area contributed by atoms with E-state index in [-0.39, 0.29) is 23.0 Å². The van der Waals surface area contributed by atoms with Gasteiger partial charge in [0, 0.05) is 24.8 Å². The summed E-state index contributed by atoms with van der Waals surface area (Å²) in [7, 11) is 0. The van der Waals surface area contributed by atoms with Crippen LogP contribution in [0.3, 0.4) is 0 Å². The summed E-state index contributed by atoms with van der Waals surface area (Å²) in [6.45, 7) is 5.30. The molecular formula is C28H39NO4. The molecule has 2 N–H and O–H groups in total. The van der Waals surface area contributed by atoms with E-state index in [0.717, 1.165) is 57.8 Å². The topological polar surface area (TPSA) is 86.5 Å². The molecule has 5 atom stereocenters. The van der Waals surface area contributed by atoms with Gasteiger partial charge in [-0.15, -0.1) is 0 Å². The van der Waals surface area contributed by atoms with Crippen LogP contribution in [0.5, 0.6) is 0 Å². The van der Waals surface area contributed by atoms with Crippen molar-refractivity contribution >= 4 is 17.5 Å². The Labute approximate surface area is 197 Å². The van der Waals surface area contributed by atoms with Crippen molar-refractivity contribution in [2.24, 2.45) is 34.8 Å². The van der Waals surface area contributed by atoms with Crippen LogP contribution in [0.4, 0.5) is 0 Å². The van der Waals surface area contributed by atoms with Gasteiger partial charge in [0.2, 0.25) is 0 Å². The van der Waals surface area contributed by atoms with E-state index in [2.05, 4.69) is 6.92 Å². The van der Waals surface area contributed by atoms with Crippen molar-refractivity contribution in [3.63, 3.8) is 0 Å². The molecule has 3 saturated carbocycles. The van der Waals surface area contributed by atoms with Gasteiger partial charge in [0.05, 0.1) is 0 Å². The maximum Gasteiger partial charge on any atom is 0.303 e. The lowest BCUT2D eigenvalue weighted by Gasteiger charge is -2.56. The fraction of sp³-hybridized carbons (Fsp3) is 0.750. The normalized spacial score (nSPS) is 42.7. The Balaban J connectivity index is 1.63. The van der Waals surface area contributed by atoms with Gasteiger partial charge in [-0.25, -0.2) is 0 Å². The number of rotatable bonds is 3. The first-order valence-electron chi connectivity index (χ1n) is 13.1. The molecule has 4 unspecified atom stereocenters. The number of ketones is 2. The maximum atomic E-state index is 13.2. The minimum Gasteiger partial charge on any atom is -0.451 e. The Hall–Kier alpha value is -1.75. The second-order valence-corrected chi connectivity index (χ2v) is 11.7. The molecule has 0 radical (unpaired) electrons. The van der Waals surface area contributed by atoms with Gasteiger partial charge in [0.15, 0.2) is 17.2 Å². The molecule has 5 nitrogen and oxygen atoms in total. The summed E-state index contributed by atoms with van der Waals surface area (Å²) >= 11 is 0. The maximum absolute atomic E-state index is 13.2. The van der Waals surface area contributed by atoms with E-state index >= 15 is 0 Å². The molecule has 5 heteroatoms. The molecule has 0 amide bonds. The van der Waals surface area contributed by atoms with E-state index in [4.69, 9.17) is 10.5 Å². The number of hydrogen-bond donors (Lipinski definition) is 1. The molecule has 0 aromatic rings. The number of hydrogen-bond acceptors (Lipinski definition) is 5. The minimum absolute atomic E-state index is 0.00266. The predicted octanol–water partition coefficient (Wildman–Crippen LogP) is 4.83. The molecular weight excluding hydrogens is 414 g/mol. The second kappa shape index (κ2) is 8.18. The Bertz CT molecular complexity index is 940. The van der Waals surface area contributed by atoms with Crippen LogP contribution in [0.25, 0.3) is 0 Å². The predicted molar refractivity (Wildman–Crippen MR) is 126 cm³/mol. The van der Waals surface area contributed by atoms with Crippen molar-refractivity contribution in [2.75, 3.05) is 0 Å². The zero-order valence-electron chi connectivity index (χ0n) is 20.5. The highest BCUT2D eigenvalue weighted by molar-refractivity contribution is 5.93. The summed E-state index contributed by atoms with van der Waals surface area (Å²) in [5, 5.41) is 0. The molecule has 0 bridgehead atoms. The summed E-state index contributed by atoms with van der Waals surface area (Å²) < 4.78 is 6.01. The van der Waals surface area contributed by atoms with Gasteiger partial charge < -0.3 is 10.5 Å². The Morgan fingerprint density at radius 2 is 1.73 bits per heavy atom. The third-order valence-electron chi connectivity index (χ3n) is 10.2. The van der Waals surface area contributed by atoms with Gasteiger partial charge >= 0.3 is 5.97 Å². The number of ether oxygens (including phenoxy) is 1. The SMILES string of the molecule is CC(=O)OC1(C(C)=O)CCC2C3CCC4=CC(=O)CCC4=C3C(C3CCC(N)CC3)C[C@@]21C. The van der Waals surface area contributed by atoms with Crippen LogP contribution < -0.4 is 5.73 Å². The number of allylic oxidation sites excluding steroid dienone is 4. The third-order valence-corrected chi connectivity index (χ3v) is 10.2. The van der Waals surface area contributed by atoms with Crippen molar-refractivity contribution in [2.45, 2.75) is 103 Å². The zero-order chi connectivity index (χ0) is 23.5.